The Morgan fingerprint density at radius 2 is 1.79 bits per heavy atom. The van der Waals surface area contributed by atoms with E-state index in [9.17, 15) is 5.26 Å². The number of H-pyrrole nitrogens is 1. The van der Waals surface area contributed by atoms with Crippen LogP contribution in [0, 0.1) is 11.3 Å². The Morgan fingerprint density at radius 3 is 2.39 bits per heavy atom. The lowest BCUT2D eigenvalue weighted by molar-refractivity contribution is 0.321. The molecule has 33 heavy (non-hydrogen) atoms. The number of hydrogen-bond acceptors (Lipinski definition) is 8. The molecule has 0 amide bonds. The minimum Gasteiger partial charge on any atom is -0.494 e. The van der Waals surface area contributed by atoms with Crippen molar-refractivity contribution in [2.24, 2.45) is 5.73 Å². The molecule has 9 heteroatoms. The lowest BCUT2D eigenvalue weighted by atomic mass is 9.82. The molecule has 1 aliphatic rings. The van der Waals surface area contributed by atoms with Gasteiger partial charge in [0.15, 0.2) is 11.5 Å². The van der Waals surface area contributed by atoms with Crippen molar-refractivity contribution in [2.75, 3.05) is 27.9 Å². The number of aromatic nitrogens is 2. The summed E-state index contributed by atoms with van der Waals surface area (Å²) < 4.78 is 27.9. The summed E-state index contributed by atoms with van der Waals surface area (Å²) in [5, 5.41) is 17.3. The van der Waals surface area contributed by atoms with Gasteiger partial charge in [0.1, 0.15) is 17.4 Å². The van der Waals surface area contributed by atoms with Crippen molar-refractivity contribution in [2.45, 2.75) is 12.8 Å². The number of rotatable bonds is 7. The number of fused-ring (bicyclic) bond motifs is 1. The van der Waals surface area contributed by atoms with Crippen LogP contribution in [0.5, 0.6) is 28.9 Å². The molecule has 2 heterocycles. The zero-order chi connectivity index (χ0) is 23.5. The molecule has 0 radical (unpaired) electrons. The fraction of sp³-hybridized carbons (Fsp3) is 0.250. The minimum atomic E-state index is -0.617. The van der Waals surface area contributed by atoms with Crippen LogP contribution in [0.3, 0.4) is 0 Å². The van der Waals surface area contributed by atoms with Gasteiger partial charge < -0.3 is 29.4 Å². The van der Waals surface area contributed by atoms with Crippen LogP contribution < -0.4 is 29.4 Å². The number of nitrogens with one attached hydrogen (secondary N) is 1. The lowest BCUT2D eigenvalue weighted by Gasteiger charge is -2.26. The Hall–Kier alpha value is -4.32. The molecule has 4 rings (SSSR count). The molecule has 1 atom stereocenters. The van der Waals surface area contributed by atoms with Crippen LogP contribution in [0.4, 0.5) is 0 Å². The van der Waals surface area contributed by atoms with E-state index in [1.807, 2.05) is 37.3 Å². The molecule has 1 aliphatic heterocycles. The van der Waals surface area contributed by atoms with Gasteiger partial charge in [0.05, 0.1) is 45.1 Å². The standard InChI is InChI=1S/C24H24N4O5/c1-5-32-14-8-6-13(7-9-14)20-19-18(16(12-25)23(26)33-24(19)28-27-20)15-10-11-17(29-2)22(31-4)21(15)30-3/h6-11,18H,5,26H2,1-4H3,(H,27,28). The quantitative estimate of drug-likeness (QED) is 0.560. The summed E-state index contributed by atoms with van der Waals surface area (Å²) >= 11 is 0. The first-order valence-electron chi connectivity index (χ1n) is 10.3. The van der Waals surface area contributed by atoms with Gasteiger partial charge in [-0.1, -0.05) is 6.07 Å². The Balaban J connectivity index is 1.94. The fourth-order valence-electron chi connectivity index (χ4n) is 4.01. The van der Waals surface area contributed by atoms with Gasteiger partial charge in [0.25, 0.3) is 0 Å². The summed E-state index contributed by atoms with van der Waals surface area (Å²) in [6, 6.07) is 13.3. The minimum absolute atomic E-state index is 0.0171. The highest BCUT2D eigenvalue weighted by Crippen LogP contribution is 2.51. The maximum absolute atomic E-state index is 9.99. The topological polar surface area (TPSA) is 125 Å². The van der Waals surface area contributed by atoms with E-state index in [0.29, 0.717) is 40.7 Å². The van der Waals surface area contributed by atoms with E-state index >= 15 is 0 Å². The molecule has 0 saturated heterocycles. The molecule has 0 fully saturated rings. The summed E-state index contributed by atoms with van der Waals surface area (Å²) in [6.07, 6.45) is 0. The van der Waals surface area contributed by atoms with E-state index in [2.05, 4.69) is 16.3 Å². The van der Waals surface area contributed by atoms with E-state index < -0.39 is 5.92 Å². The van der Waals surface area contributed by atoms with Crippen molar-refractivity contribution < 1.29 is 23.7 Å². The molecule has 9 nitrogen and oxygen atoms in total. The number of nitrogens with two attached hydrogens (primary N) is 1. The number of hydrogen-bond donors (Lipinski definition) is 2. The zero-order valence-corrected chi connectivity index (χ0v) is 18.8. The molecule has 0 bridgehead atoms. The summed E-state index contributed by atoms with van der Waals surface area (Å²) in [5.41, 5.74) is 9.21. The summed E-state index contributed by atoms with van der Waals surface area (Å²) in [6.45, 7) is 2.50. The predicted molar refractivity (Wildman–Crippen MR) is 121 cm³/mol. The van der Waals surface area contributed by atoms with E-state index in [-0.39, 0.29) is 17.3 Å². The smallest absolute Gasteiger partial charge is 0.244 e. The number of allylic oxidation sites excluding steroid dienone is 1. The number of benzene rings is 2. The zero-order valence-electron chi connectivity index (χ0n) is 18.8. The van der Waals surface area contributed by atoms with Crippen LogP contribution in [-0.4, -0.2) is 38.1 Å². The molecule has 0 aliphatic carbocycles. The summed E-state index contributed by atoms with van der Waals surface area (Å²) in [4.78, 5) is 0. The van der Waals surface area contributed by atoms with Crippen LogP contribution in [0.25, 0.3) is 11.3 Å². The number of nitriles is 1. The third kappa shape index (κ3) is 3.65. The van der Waals surface area contributed by atoms with Crippen molar-refractivity contribution in [3.8, 4) is 46.2 Å². The highest BCUT2D eigenvalue weighted by atomic mass is 16.5. The maximum Gasteiger partial charge on any atom is 0.244 e. The van der Waals surface area contributed by atoms with Gasteiger partial charge in [-0.2, -0.15) is 5.26 Å². The first-order valence-corrected chi connectivity index (χ1v) is 10.3. The van der Waals surface area contributed by atoms with Gasteiger partial charge in [-0.15, -0.1) is 5.10 Å². The van der Waals surface area contributed by atoms with Crippen LogP contribution in [-0.2, 0) is 0 Å². The first kappa shape index (κ1) is 21.9. The van der Waals surface area contributed by atoms with E-state index in [1.54, 1.807) is 13.2 Å². The van der Waals surface area contributed by atoms with Crippen molar-refractivity contribution >= 4 is 0 Å². The van der Waals surface area contributed by atoms with Crippen molar-refractivity contribution in [1.82, 2.24) is 10.2 Å². The normalized spacial score (nSPS) is 14.7. The predicted octanol–water partition coefficient (Wildman–Crippen LogP) is 3.72. The Labute approximate surface area is 191 Å². The van der Waals surface area contributed by atoms with E-state index in [1.165, 1.54) is 14.2 Å². The van der Waals surface area contributed by atoms with Crippen molar-refractivity contribution in [3.05, 3.63) is 59.0 Å². The maximum atomic E-state index is 9.99. The van der Waals surface area contributed by atoms with Crippen molar-refractivity contribution in [3.63, 3.8) is 0 Å². The van der Waals surface area contributed by atoms with Gasteiger partial charge in [-0.05, 0) is 37.3 Å². The first-order chi connectivity index (χ1) is 16.1. The molecule has 1 aromatic heterocycles. The second-order valence-corrected chi connectivity index (χ2v) is 7.12. The van der Waals surface area contributed by atoms with Crippen LogP contribution in [0.15, 0.2) is 47.9 Å². The summed E-state index contributed by atoms with van der Waals surface area (Å²) in [5.74, 6) is 1.75. The molecule has 0 saturated carbocycles. The molecule has 2 aromatic carbocycles. The lowest BCUT2D eigenvalue weighted by Crippen LogP contribution is -2.21. The van der Waals surface area contributed by atoms with Crippen LogP contribution in [0.2, 0.25) is 0 Å². The highest BCUT2D eigenvalue weighted by Gasteiger charge is 2.38. The monoisotopic (exact) mass is 448 g/mol. The summed E-state index contributed by atoms with van der Waals surface area (Å²) in [7, 11) is 4.60. The molecule has 0 spiro atoms. The second-order valence-electron chi connectivity index (χ2n) is 7.12. The molecule has 3 N–H and O–H groups in total. The SMILES string of the molecule is CCOc1ccc(-c2[nH]nc3c2C(c2ccc(OC)c(OC)c2OC)C(C#N)=C(N)O3)cc1. The fourth-order valence-corrected chi connectivity index (χ4v) is 4.01. The third-order valence-corrected chi connectivity index (χ3v) is 5.44. The largest absolute Gasteiger partial charge is 0.494 e. The van der Waals surface area contributed by atoms with Gasteiger partial charge in [0, 0.05) is 11.1 Å². The average Bonchev–Trinajstić information content (AvgIpc) is 3.26. The Kier molecular flexibility index (Phi) is 6.00. The van der Waals surface area contributed by atoms with E-state index in [0.717, 1.165) is 11.3 Å². The molecule has 3 aromatic rings. The number of aromatic amines is 1. The van der Waals surface area contributed by atoms with E-state index in [4.69, 9.17) is 29.4 Å². The van der Waals surface area contributed by atoms with Crippen LogP contribution >= 0.6 is 0 Å². The highest BCUT2D eigenvalue weighted by molar-refractivity contribution is 5.73. The molecular weight excluding hydrogens is 424 g/mol. The third-order valence-electron chi connectivity index (χ3n) is 5.44. The van der Waals surface area contributed by atoms with Crippen LogP contribution in [0.1, 0.15) is 24.0 Å². The van der Waals surface area contributed by atoms with Gasteiger partial charge in [-0.25, -0.2) is 0 Å². The Morgan fingerprint density at radius 1 is 1.06 bits per heavy atom. The molecule has 170 valence electrons. The number of nitrogens with zero attached hydrogens (tertiary/aromatic N) is 2. The molecular formula is C24H24N4O5. The number of methoxy groups -OCH3 is 3. The van der Waals surface area contributed by atoms with Gasteiger partial charge in [-0.3, -0.25) is 5.10 Å². The Bertz CT molecular complexity index is 1240. The number of ether oxygens (including phenoxy) is 5. The second kappa shape index (κ2) is 9.04. The average molecular weight is 448 g/mol. The molecule has 1 unspecified atom stereocenters. The van der Waals surface area contributed by atoms with Gasteiger partial charge >= 0.3 is 0 Å². The van der Waals surface area contributed by atoms with Crippen molar-refractivity contribution in [1.29, 1.82) is 5.26 Å². The van der Waals surface area contributed by atoms with Gasteiger partial charge in [0.2, 0.25) is 17.5 Å².